The number of nitrogens with one attached hydrogen (secondary N) is 2. The van der Waals surface area contributed by atoms with Gasteiger partial charge in [-0.25, -0.2) is 4.39 Å². The van der Waals surface area contributed by atoms with E-state index < -0.39 is 0 Å². The summed E-state index contributed by atoms with van der Waals surface area (Å²) in [6, 6.07) is 9.21. The molecule has 3 aromatic rings. The van der Waals surface area contributed by atoms with Crippen LogP contribution in [0.4, 0.5) is 4.39 Å². The van der Waals surface area contributed by atoms with Crippen LogP contribution in [0.3, 0.4) is 0 Å². The number of H-pyrrole nitrogens is 1. The number of hydrogen-bond acceptors (Lipinski definition) is 3. The summed E-state index contributed by atoms with van der Waals surface area (Å²) in [5.74, 6) is 0.0301. The van der Waals surface area contributed by atoms with Gasteiger partial charge < -0.3 is 9.73 Å². The van der Waals surface area contributed by atoms with Gasteiger partial charge >= 0.3 is 0 Å². The van der Waals surface area contributed by atoms with Gasteiger partial charge in [-0.2, -0.15) is 5.10 Å². The van der Waals surface area contributed by atoms with Gasteiger partial charge in [0.1, 0.15) is 11.5 Å². The van der Waals surface area contributed by atoms with Crippen LogP contribution in [-0.4, -0.2) is 16.1 Å². The Balaban J connectivity index is 1.86. The number of aromatic nitrogens is 2. The van der Waals surface area contributed by atoms with Crippen LogP contribution < -0.4 is 5.32 Å². The first-order valence-corrected chi connectivity index (χ1v) is 6.42. The topological polar surface area (TPSA) is 70.9 Å². The standard InChI is InChI=1S/C15H10FN3O2/c16-9-5-3-8(4-6-9)12-11-13(10-2-1-7-21-10)18-19-14(11)15(20)17-12/h1-7,12H,(H,17,20)(H,18,19)/t12-/m0/s1. The van der Waals surface area contributed by atoms with Crippen molar-refractivity contribution in [3.8, 4) is 11.5 Å². The number of carbonyl (C=O) groups is 1. The molecule has 0 radical (unpaired) electrons. The number of benzene rings is 1. The van der Waals surface area contributed by atoms with Gasteiger partial charge in [0, 0.05) is 5.56 Å². The zero-order valence-electron chi connectivity index (χ0n) is 10.8. The summed E-state index contributed by atoms with van der Waals surface area (Å²) in [7, 11) is 0. The molecule has 2 aromatic heterocycles. The number of hydrogen-bond donors (Lipinski definition) is 2. The number of fused-ring (bicyclic) bond motifs is 1. The van der Waals surface area contributed by atoms with E-state index in [-0.39, 0.29) is 17.8 Å². The van der Waals surface area contributed by atoms with Crippen LogP contribution in [0.25, 0.3) is 11.5 Å². The Labute approximate surface area is 118 Å². The summed E-state index contributed by atoms with van der Waals surface area (Å²) in [4.78, 5) is 12.0. The maximum Gasteiger partial charge on any atom is 0.272 e. The van der Waals surface area contributed by atoms with Crippen molar-refractivity contribution in [3.63, 3.8) is 0 Å². The molecule has 1 aliphatic rings. The van der Waals surface area contributed by atoms with Gasteiger partial charge in [-0.3, -0.25) is 9.89 Å². The minimum Gasteiger partial charge on any atom is -0.463 e. The van der Waals surface area contributed by atoms with E-state index in [0.29, 0.717) is 17.1 Å². The van der Waals surface area contributed by atoms with E-state index in [1.54, 1.807) is 30.5 Å². The van der Waals surface area contributed by atoms with Crippen molar-refractivity contribution in [1.82, 2.24) is 15.5 Å². The number of furan rings is 1. The average molecular weight is 283 g/mol. The highest BCUT2D eigenvalue weighted by Gasteiger charge is 2.36. The largest absolute Gasteiger partial charge is 0.463 e. The zero-order valence-corrected chi connectivity index (χ0v) is 10.8. The molecule has 1 atom stereocenters. The minimum absolute atomic E-state index is 0.256. The number of carbonyl (C=O) groups excluding carboxylic acids is 1. The quantitative estimate of drug-likeness (QED) is 0.759. The third-order valence-corrected chi connectivity index (χ3v) is 3.55. The van der Waals surface area contributed by atoms with Crippen LogP contribution in [0.5, 0.6) is 0 Å². The van der Waals surface area contributed by atoms with Gasteiger partial charge in [-0.1, -0.05) is 12.1 Å². The summed E-state index contributed by atoms with van der Waals surface area (Å²) in [5.41, 5.74) is 2.51. The Morgan fingerprint density at radius 3 is 2.71 bits per heavy atom. The average Bonchev–Trinajstić information content (AvgIpc) is 3.18. The van der Waals surface area contributed by atoms with Crippen molar-refractivity contribution in [2.24, 2.45) is 0 Å². The van der Waals surface area contributed by atoms with Crippen LogP contribution in [-0.2, 0) is 0 Å². The number of rotatable bonds is 2. The van der Waals surface area contributed by atoms with Gasteiger partial charge in [0.05, 0.1) is 12.3 Å². The van der Waals surface area contributed by atoms with E-state index in [9.17, 15) is 9.18 Å². The van der Waals surface area contributed by atoms with Crippen molar-refractivity contribution < 1.29 is 13.6 Å². The summed E-state index contributed by atoms with van der Waals surface area (Å²) >= 11 is 0. The van der Waals surface area contributed by atoms with Gasteiger partial charge in [0.2, 0.25) is 0 Å². The minimum atomic E-state index is -0.369. The first kappa shape index (κ1) is 11.9. The van der Waals surface area contributed by atoms with E-state index in [4.69, 9.17) is 4.42 Å². The van der Waals surface area contributed by atoms with E-state index >= 15 is 0 Å². The third kappa shape index (κ3) is 1.76. The first-order valence-electron chi connectivity index (χ1n) is 6.42. The molecule has 0 saturated heterocycles. The van der Waals surface area contributed by atoms with E-state index in [0.717, 1.165) is 11.1 Å². The predicted molar refractivity (Wildman–Crippen MR) is 72.0 cm³/mol. The Morgan fingerprint density at radius 2 is 2.00 bits per heavy atom. The van der Waals surface area contributed by atoms with Crippen molar-refractivity contribution in [3.05, 3.63) is 65.3 Å². The Kier molecular flexibility index (Phi) is 2.44. The van der Waals surface area contributed by atoms with Crippen LogP contribution in [0.15, 0.2) is 47.1 Å². The molecule has 4 rings (SSSR count). The highest BCUT2D eigenvalue weighted by atomic mass is 19.1. The number of nitrogens with zero attached hydrogens (tertiary/aromatic N) is 1. The molecule has 3 heterocycles. The highest BCUT2D eigenvalue weighted by Crippen LogP contribution is 2.36. The predicted octanol–water partition coefficient (Wildman–Crippen LogP) is 2.64. The van der Waals surface area contributed by atoms with Crippen LogP contribution in [0, 0.1) is 5.82 Å². The van der Waals surface area contributed by atoms with Gasteiger partial charge in [-0.15, -0.1) is 0 Å². The van der Waals surface area contributed by atoms with Crippen LogP contribution in [0.1, 0.15) is 27.7 Å². The second-order valence-corrected chi connectivity index (χ2v) is 4.80. The van der Waals surface area contributed by atoms with Gasteiger partial charge in [0.15, 0.2) is 11.5 Å². The molecule has 1 aliphatic heterocycles. The number of amides is 1. The van der Waals surface area contributed by atoms with E-state index in [1.165, 1.54) is 12.1 Å². The third-order valence-electron chi connectivity index (χ3n) is 3.55. The van der Waals surface area contributed by atoms with E-state index in [2.05, 4.69) is 15.5 Å². The fourth-order valence-electron chi connectivity index (χ4n) is 2.59. The summed E-state index contributed by atoms with van der Waals surface area (Å²) < 4.78 is 18.4. The summed E-state index contributed by atoms with van der Waals surface area (Å²) in [6.45, 7) is 0. The maximum absolute atomic E-state index is 13.1. The normalized spacial score (nSPS) is 16.8. The lowest BCUT2D eigenvalue weighted by Crippen LogP contribution is -2.21. The van der Waals surface area contributed by atoms with Gasteiger partial charge in [0.25, 0.3) is 5.91 Å². The molecule has 6 heteroatoms. The molecule has 0 saturated carbocycles. The molecule has 104 valence electrons. The molecule has 2 N–H and O–H groups in total. The fraction of sp³-hybridized carbons (Fsp3) is 0.0667. The second kappa shape index (κ2) is 4.31. The maximum atomic E-state index is 13.1. The number of aromatic amines is 1. The van der Waals surface area contributed by atoms with E-state index in [1.807, 2.05) is 0 Å². The molecule has 0 aliphatic carbocycles. The summed E-state index contributed by atoms with van der Waals surface area (Å²) in [6.07, 6.45) is 1.56. The molecular weight excluding hydrogens is 273 g/mol. The monoisotopic (exact) mass is 283 g/mol. The van der Waals surface area contributed by atoms with Crippen LogP contribution in [0.2, 0.25) is 0 Å². The number of halogens is 1. The highest BCUT2D eigenvalue weighted by molar-refractivity contribution is 5.99. The molecule has 21 heavy (non-hydrogen) atoms. The van der Waals surface area contributed by atoms with Crippen molar-refractivity contribution in [2.45, 2.75) is 6.04 Å². The SMILES string of the molecule is O=C1N[C@@H](c2ccc(F)cc2)c2c1n[nH]c2-c1ccco1. The summed E-state index contributed by atoms with van der Waals surface area (Å²) in [5, 5.41) is 9.75. The molecular formula is C15H10FN3O2. The lowest BCUT2D eigenvalue weighted by Gasteiger charge is -2.12. The van der Waals surface area contributed by atoms with Crippen molar-refractivity contribution in [2.75, 3.05) is 0 Å². The second-order valence-electron chi connectivity index (χ2n) is 4.80. The lowest BCUT2D eigenvalue weighted by molar-refractivity contribution is 0.0955. The molecule has 0 bridgehead atoms. The molecule has 0 unspecified atom stereocenters. The Hall–Kier alpha value is -2.89. The zero-order chi connectivity index (χ0) is 14.4. The molecule has 0 spiro atoms. The molecule has 1 amide bonds. The molecule has 0 fully saturated rings. The lowest BCUT2D eigenvalue weighted by atomic mass is 9.99. The molecule has 5 nitrogen and oxygen atoms in total. The Bertz CT molecular complexity index is 806. The Morgan fingerprint density at radius 1 is 1.19 bits per heavy atom. The van der Waals surface area contributed by atoms with Crippen LogP contribution >= 0.6 is 0 Å². The smallest absolute Gasteiger partial charge is 0.272 e. The van der Waals surface area contributed by atoms with Crippen molar-refractivity contribution in [1.29, 1.82) is 0 Å². The van der Waals surface area contributed by atoms with Crippen molar-refractivity contribution >= 4 is 5.91 Å². The van der Waals surface area contributed by atoms with Gasteiger partial charge in [-0.05, 0) is 29.8 Å². The molecule has 1 aromatic carbocycles. The fourth-order valence-corrected chi connectivity index (χ4v) is 2.59. The first-order chi connectivity index (χ1) is 10.2.